The van der Waals surface area contributed by atoms with Gasteiger partial charge in [0.25, 0.3) is 0 Å². The molecule has 1 atom stereocenters. The van der Waals surface area contributed by atoms with Crippen LogP contribution in [0.15, 0.2) is 18.2 Å². The molecular formula is C17H25NO. The summed E-state index contributed by atoms with van der Waals surface area (Å²) in [6, 6.07) is 6.72. The van der Waals surface area contributed by atoms with Gasteiger partial charge in [-0.15, -0.1) is 0 Å². The number of benzene rings is 1. The van der Waals surface area contributed by atoms with Gasteiger partial charge in [0.1, 0.15) is 5.60 Å². The second-order valence-electron chi connectivity index (χ2n) is 6.63. The summed E-state index contributed by atoms with van der Waals surface area (Å²) in [6.07, 6.45) is 7.35. The number of rotatable bonds is 4. The topological polar surface area (TPSA) is 23.5 Å². The van der Waals surface area contributed by atoms with Crippen molar-refractivity contribution in [3.05, 3.63) is 34.9 Å². The molecule has 0 amide bonds. The molecule has 3 rings (SSSR count). The van der Waals surface area contributed by atoms with Crippen LogP contribution in [0.5, 0.6) is 0 Å². The molecule has 1 fully saturated rings. The number of aliphatic hydroxyl groups is 1. The molecule has 2 aliphatic carbocycles. The summed E-state index contributed by atoms with van der Waals surface area (Å²) < 4.78 is 0. The standard InChI is InChI=1S/C17H25NO/c1-18(2)12-17(19,15-9-10-15)16-8-7-13-5-3-4-6-14(13)11-16/h7-8,11,15,19H,3-6,9-10,12H2,1-2H3. The summed E-state index contributed by atoms with van der Waals surface area (Å²) in [5.41, 5.74) is 3.47. The van der Waals surface area contributed by atoms with Gasteiger partial charge in [-0.3, -0.25) is 0 Å². The van der Waals surface area contributed by atoms with Crippen molar-refractivity contribution in [1.82, 2.24) is 4.90 Å². The summed E-state index contributed by atoms with van der Waals surface area (Å²) in [4.78, 5) is 2.11. The fraction of sp³-hybridized carbons (Fsp3) is 0.647. The maximum absolute atomic E-state index is 11.2. The fourth-order valence-electron chi connectivity index (χ4n) is 3.50. The van der Waals surface area contributed by atoms with E-state index in [1.165, 1.54) is 49.7 Å². The third-order valence-electron chi connectivity index (χ3n) is 4.66. The lowest BCUT2D eigenvalue weighted by Crippen LogP contribution is -2.39. The molecule has 0 heterocycles. The van der Waals surface area contributed by atoms with Gasteiger partial charge >= 0.3 is 0 Å². The minimum absolute atomic E-state index is 0.455. The lowest BCUT2D eigenvalue weighted by atomic mass is 9.83. The molecule has 2 heteroatoms. The molecule has 2 aliphatic rings. The predicted molar refractivity (Wildman–Crippen MR) is 78.3 cm³/mol. The van der Waals surface area contributed by atoms with E-state index in [0.717, 1.165) is 12.1 Å². The van der Waals surface area contributed by atoms with Crippen LogP contribution in [0.2, 0.25) is 0 Å². The Balaban J connectivity index is 1.94. The second kappa shape index (κ2) is 4.92. The largest absolute Gasteiger partial charge is 0.384 e. The van der Waals surface area contributed by atoms with Crippen LogP contribution in [0.25, 0.3) is 0 Å². The highest BCUT2D eigenvalue weighted by Crippen LogP contribution is 2.46. The fourth-order valence-corrected chi connectivity index (χ4v) is 3.50. The summed E-state index contributed by atoms with van der Waals surface area (Å²) in [5, 5.41) is 11.2. The summed E-state index contributed by atoms with van der Waals surface area (Å²) in [5.74, 6) is 0.455. The van der Waals surface area contributed by atoms with Crippen molar-refractivity contribution in [2.24, 2.45) is 5.92 Å². The first kappa shape index (κ1) is 13.1. The Morgan fingerprint density at radius 1 is 1.16 bits per heavy atom. The molecule has 1 unspecified atom stereocenters. The highest BCUT2D eigenvalue weighted by molar-refractivity contribution is 5.37. The van der Waals surface area contributed by atoms with Gasteiger partial charge in [0, 0.05) is 6.54 Å². The zero-order valence-corrected chi connectivity index (χ0v) is 12.2. The number of nitrogens with zero attached hydrogens (tertiary/aromatic N) is 1. The van der Waals surface area contributed by atoms with Crippen LogP contribution in [0.4, 0.5) is 0 Å². The van der Waals surface area contributed by atoms with Crippen LogP contribution in [-0.4, -0.2) is 30.6 Å². The maximum Gasteiger partial charge on any atom is 0.105 e. The molecule has 1 N–H and O–H groups in total. The summed E-state index contributed by atoms with van der Waals surface area (Å²) in [6.45, 7) is 0.733. The molecule has 1 saturated carbocycles. The van der Waals surface area contributed by atoms with Gasteiger partial charge in [0.15, 0.2) is 0 Å². The Morgan fingerprint density at radius 3 is 2.47 bits per heavy atom. The number of fused-ring (bicyclic) bond motifs is 1. The van der Waals surface area contributed by atoms with E-state index in [2.05, 4.69) is 23.1 Å². The highest BCUT2D eigenvalue weighted by Gasteiger charge is 2.45. The lowest BCUT2D eigenvalue weighted by Gasteiger charge is -2.33. The van der Waals surface area contributed by atoms with Gasteiger partial charge in [-0.1, -0.05) is 18.2 Å². The molecule has 2 nitrogen and oxygen atoms in total. The van der Waals surface area contributed by atoms with Crippen LogP contribution in [0.1, 0.15) is 42.4 Å². The van der Waals surface area contributed by atoms with Crippen molar-refractivity contribution in [2.75, 3.05) is 20.6 Å². The Kier molecular flexibility index (Phi) is 3.40. The van der Waals surface area contributed by atoms with Gasteiger partial charge < -0.3 is 10.0 Å². The third kappa shape index (κ3) is 2.56. The van der Waals surface area contributed by atoms with Crippen molar-refractivity contribution in [3.8, 4) is 0 Å². The summed E-state index contributed by atoms with van der Waals surface area (Å²) >= 11 is 0. The molecule has 0 aromatic heterocycles. The van der Waals surface area contributed by atoms with Gasteiger partial charge in [-0.2, -0.15) is 0 Å². The Hall–Kier alpha value is -0.860. The number of likely N-dealkylation sites (N-methyl/N-ethyl adjacent to an activating group) is 1. The Bertz CT molecular complexity index is 464. The van der Waals surface area contributed by atoms with Crippen molar-refractivity contribution in [1.29, 1.82) is 0 Å². The second-order valence-corrected chi connectivity index (χ2v) is 6.63. The van der Waals surface area contributed by atoms with Crippen molar-refractivity contribution >= 4 is 0 Å². The normalized spacial score (nSPS) is 22.1. The zero-order valence-electron chi connectivity index (χ0n) is 12.2. The average Bonchev–Trinajstić information content (AvgIpc) is 3.22. The van der Waals surface area contributed by atoms with Crippen LogP contribution in [0, 0.1) is 5.92 Å². The molecule has 0 spiro atoms. The van der Waals surface area contributed by atoms with Gasteiger partial charge in [0.05, 0.1) is 0 Å². The summed E-state index contributed by atoms with van der Waals surface area (Å²) in [7, 11) is 4.09. The number of aryl methyl sites for hydroxylation is 2. The maximum atomic E-state index is 11.2. The molecule has 1 aromatic carbocycles. The van der Waals surface area contributed by atoms with Crippen molar-refractivity contribution in [2.45, 2.75) is 44.1 Å². The minimum Gasteiger partial charge on any atom is -0.384 e. The van der Waals surface area contributed by atoms with Crippen molar-refractivity contribution < 1.29 is 5.11 Å². The average molecular weight is 259 g/mol. The Labute approximate surface area is 116 Å². The van der Waals surface area contributed by atoms with E-state index >= 15 is 0 Å². The van der Waals surface area contributed by atoms with Gasteiger partial charge in [-0.25, -0.2) is 0 Å². The molecule has 1 aromatic rings. The molecule has 0 saturated heterocycles. The first-order chi connectivity index (χ1) is 9.09. The van der Waals surface area contributed by atoms with Crippen LogP contribution in [-0.2, 0) is 18.4 Å². The molecule has 104 valence electrons. The molecule has 0 bridgehead atoms. The van der Waals surface area contributed by atoms with Crippen LogP contribution in [0.3, 0.4) is 0 Å². The Morgan fingerprint density at radius 2 is 1.84 bits per heavy atom. The van der Waals surface area contributed by atoms with E-state index in [9.17, 15) is 5.11 Å². The third-order valence-corrected chi connectivity index (χ3v) is 4.66. The number of hydrogen-bond donors (Lipinski definition) is 1. The van der Waals surface area contributed by atoms with E-state index in [-0.39, 0.29) is 0 Å². The van der Waals surface area contributed by atoms with E-state index in [4.69, 9.17) is 0 Å². The first-order valence-corrected chi connectivity index (χ1v) is 7.59. The monoisotopic (exact) mass is 259 g/mol. The lowest BCUT2D eigenvalue weighted by molar-refractivity contribution is -0.0100. The first-order valence-electron chi connectivity index (χ1n) is 7.59. The molecule has 19 heavy (non-hydrogen) atoms. The molecule has 0 aliphatic heterocycles. The van der Waals surface area contributed by atoms with Gasteiger partial charge in [0.2, 0.25) is 0 Å². The highest BCUT2D eigenvalue weighted by atomic mass is 16.3. The van der Waals surface area contributed by atoms with Gasteiger partial charge in [-0.05, 0) is 75.2 Å². The zero-order chi connectivity index (χ0) is 13.5. The van der Waals surface area contributed by atoms with Crippen molar-refractivity contribution in [3.63, 3.8) is 0 Å². The van der Waals surface area contributed by atoms with Crippen LogP contribution < -0.4 is 0 Å². The van der Waals surface area contributed by atoms with E-state index in [1.807, 2.05) is 14.1 Å². The quantitative estimate of drug-likeness (QED) is 0.898. The number of hydrogen-bond acceptors (Lipinski definition) is 2. The van der Waals surface area contributed by atoms with E-state index < -0.39 is 5.60 Å². The van der Waals surface area contributed by atoms with E-state index in [1.54, 1.807) is 0 Å². The van der Waals surface area contributed by atoms with E-state index in [0.29, 0.717) is 5.92 Å². The smallest absolute Gasteiger partial charge is 0.105 e. The van der Waals surface area contributed by atoms with Crippen LogP contribution >= 0.6 is 0 Å². The molecule has 0 radical (unpaired) electrons. The SMILES string of the molecule is CN(C)CC(O)(c1ccc2c(c1)CCCC2)C1CC1. The predicted octanol–water partition coefficient (Wildman–Crippen LogP) is 2.72. The minimum atomic E-state index is -0.643. The molecular weight excluding hydrogens is 234 g/mol.